The summed E-state index contributed by atoms with van der Waals surface area (Å²) in [5, 5.41) is 25.5. The average Bonchev–Trinajstić information content (AvgIpc) is 3.27. The Bertz CT molecular complexity index is 1140. The summed E-state index contributed by atoms with van der Waals surface area (Å²) in [7, 11) is 1.63. The maximum absolute atomic E-state index is 14.0. The van der Waals surface area contributed by atoms with Gasteiger partial charge in [0, 0.05) is 12.5 Å². The molecule has 1 aromatic rings. The van der Waals surface area contributed by atoms with Crippen molar-refractivity contribution in [2.45, 2.75) is 56.8 Å². The molecule has 186 valence electrons. The molecule has 1 aliphatic heterocycles. The van der Waals surface area contributed by atoms with Crippen LogP contribution in [0.15, 0.2) is 48.1 Å². The number of ether oxygens (including phenoxy) is 2. The lowest BCUT2D eigenvalue weighted by atomic mass is 9.60. The van der Waals surface area contributed by atoms with Crippen molar-refractivity contribution in [2.75, 3.05) is 13.7 Å². The van der Waals surface area contributed by atoms with E-state index in [1.54, 1.807) is 14.0 Å². The van der Waals surface area contributed by atoms with E-state index in [1.807, 2.05) is 30.3 Å². The molecule has 1 spiro atoms. The van der Waals surface area contributed by atoms with Gasteiger partial charge in [-0.2, -0.15) is 0 Å². The van der Waals surface area contributed by atoms with Crippen LogP contribution in [0.1, 0.15) is 38.2 Å². The number of methoxy groups -OCH3 is 1. The third-order valence-electron chi connectivity index (χ3n) is 9.84. The monoisotopic (exact) mass is 479 g/mol. The fourth-order valence-electron chi connectivity index (χ4n) is 8.11. The SMILES string of the molecule is C=C1C[C@]23C[C@@]1(O)CC[C@H]2C1=C[C@H]2OC(=O)[C@@](C)(C1[C@@H]3C(=O)NCCc1ccc(OC)cc1)[C@H]2O. The molecule has 1 aromatic carbocycles. The first kappa shape index (κ1) is 22.8. The summed E-state index contributed by atoms with van der Waals surface area (Å²) in [5.74, 6) is -0.722. The highest BCUT2D eigenvalue weighted by molar-refractivity contribution is 5.87. The molecule has 8 atom stereocenters. The fourth-order valence-corrected chi connectivity index (χ4v) is 8.11. The van der Waals surface area contributed by atoms with Crippen molar-refractivity contribution < 1.29 is 29.3 Å². The van der Waals surface area contributed by atoms with Crippen molar-refractivity contribution >= 4 is 11.9 Å². The van der Waals surface area contributed by atoms with E-state index < -0.39 is 46.4 Å². The molecule has 4 bridgehead atoms. The number of hydrogen-bond donors (Lipinski definition) is 3. The summed E-state index contributed by atoms with van der Waals surface area (Å²) in [4.78, 5) is 27.0. The van der Waals surface area contributed by atoms with Gasteiger partial charge in [0.25, 0.3) is 0 Å². The van der Waals surface area contributed by atoms with Gasteiger partial charge in [0.05, 0.1) is 18.6 Å². The first-order valence-electron chi connectivity index (χ1n) is 12.6. The summed E-state index contributed by atoms with van der Waals surface area (Å²) in [5.41, 5.74) is 0.275. The van der Waals surface area contributed by atoms with Gasteiger partial charge in [0.2, 0.25) is 5.91 Å². The van der Waals surface area contributed by atoms with E-state index in [2.05, 4.69) is 11.9 Å². The molecule has 1 saturated heterocycles. The number of amides is 1. The number of hydrogen-bond acceptors (Lipinski definition) is 6. The second-order valence-corrected chi connectivity index (χ2v) is 11.4. The Labute approximate surface area is 205 Å². The topological polar surface area (TPSA) is 105 Å². The van der Waals surface area contributed by atoms with Crippen LogP contribution < -0.4 is 10.1 Å². The normalized spacial score (nSPS) is 42.7. The molecule has 0 aromatic heterocycles. The Morgan fingerprint density at radius 3 is 2.77 bits per heavy atom. The zero-order valence-corrected chi connectivity index (χ0v) is 20.3. The summed E-state index contributed by atoms with van der Waals surface area (Å²) in [6.45, 7) is 6.39. The summed E-state index contributed by atoms with van der Waals surface area (Å²) in [6.07, 6.45) is 3.28. The molecule has 5 aliphatic rings. The highest BCUT2D eigenvalue weighted by Gasteiger charge is 2.75. The lowest BCUT2D eigenvalue weighted by Crippen LogP contribution is -2.52. The highest BCUT2D eigenvalue weighted by Crippen LogP contribution is 2.74. The van der Waals surface area contributed by atoms with Crippen molar-refractivity contribution in [1.82, 2.24) is 5.32 Å². The molecule has 1 unspecified atom stereocenters. The first-order valence-corrected chi connectivity index (χ1v) is 12.6. The number of carbonyl (C=O) groups excluding carboxylic acids is 2. The van der Waals surface area contributed by atoms with E-state index >= 15 is 0 Å². The van der Waals surface area contributed by atoms with Gasteiger partial charge < -0.3 is 25.0 Å². The molecule has 3 N–H and O–H groups in total. The molecule has 6 rings (SSSR count). The smallest absolute Gasteiger partial charge is 0.315 e. The van der Waals surface area contributed by atoms with Gasteiger partial charge in [-0.15, -0.1) is 0 Å². The lowest BCUT2D eigenvalue weighted by molar-refractivity contribution is -0.151. The number of rotatable bonds is 5. The van der Waals surface area contributed by atoms with E-state index in [-0.39, 0.29) is 11.8 Å². The van der Waals surface area contributed by atoms with Gasteiger partial charge in [-0.3, -0.25) is 9.59 Å². The second kappa shape index (κ2) is 7.43. The number of aliphatic hydroxyl groups is 2. The molecular weight excluding hydrogens is 446 g/mol. The van der Waals surface area contributed by atoms with Crippen molar-refractivity contribution in [3.63, 3.8) is 0 Å². The van der Waals surface area contributed by atoms with Gasteiger partial charge in [0.1, 0.15) is 23.4 Å². The number of fused-ring (bicyclic) bond motifs is 6. The Morgan fingerprint density at radius 1 is 1.31 bits per heavy atom. The van der Waals surface area contributed by atoms with Gasteiger partial charge in [-0.25, -0.2) is 0 Å². The number of esters is 1. The maximum atomic E-state index is 14.0. The van der Waals surface area contributed by atoms with E-state index in [4.69, 9.17) is 9.47 Å². The zero-order valence-electron chi connectivity index (χ0n) is 20.3. The van der Waals surface area contributed by atoms with Gasteiger partial charge in [-0.05, 0) is 79.7 Å². The number of nitrogens with one attached hydrogen (secondary N) is 1. The molecule has 7 nitrogen and oxygen atoms in total. The number of carbonyl (C=O) groups is 2. The summed E-state index contributed by atoms with van der Waals surface area (Å²) < 4.78 is 10.8. The maximum Gasteiger partial charge on any atom is 0.315 e. The molecule has 0 radical (unpaired) electrons. The van der Waals surface area contributed by atoms with Crippen molar-refractivity contribution in [3.05, 3.63) is 53.6 Å². The van der Waals surface area contributed by atoms with Crippen LogP contribution in [0.4, 0.5) is 0 Å². The Balaban J connectivity index is 1.33. The summed E-state index contributed by atoms with van der Waals surface area (Å²) >= 11 is 0. The minimum Gasteiger partial charge on any atom is -0.497 e. The quantitative estimate of drug-likeness (QED) is 0.442. The van der Waals surface area contributed by atoms with Gasteiger partial charge in [-0.1, -0.05) is 24.3 Å². The van der Waals surface area contributed by atoms with Crippen molar-refractivity contribution in [1.29, 1.82) is 0 Å². The minimum atomic E-state index is -1.18. The van der Waals surface area contributed by atoms with Crippen LogP contribution >= 0.6 is 0 Å². The third-order valence-corrected chi connectivity index (χ3v) is 9.84. The minimum absolute atomic E-state index is 0.0631. The molecule has 4 fully saturated rings. The largest absolute Gasteiger partial charge is 0.497 e. The van der Waals surface area contributed by atoms with Crippen LogP contribution in [-0.2, 0) is 20.7 Å². The van der Waals surface area contributed by atoms with E-state index in [0.29, 0.717) is 32.2 Å². The van der Waals surface area contributed by atoms with Gasteiger partial charge in [0.15, 0.2) is 0 Å². The van der Waals surface area contributed by atoms with Crippen LogP contribution in [0.5, 0.6) is 5.75 Å². The van der Waals surface area contributed by atoms with Crippen LogP contribution in [0.2, 0.25) is 0 Å². The Hall–Kier alpha value is -2.64. The lowest BCUT2D eigenvalue weighted by Gasteiger charge is -2.42. The van der Waals surface area contributed by atoms with Crippen molar-refractivity contribution in [2.24, 2.45) is 28.6 Å². The average molecular weight is 480 g/mol. The molecule has 7 heteroatoms. The zero-order chi connectivity index (χ0) is 24.8. The van der Waals surface area contributed by atoms with Crippen molar-refractivity contribution in [3.8, 4) is 5.75 Å². The fraction of sp³-hybridized carbons (Fsp3) is 0.571. The standard InChI is InChI=1S/C28H33NO6/c1-15-13-27-14-28(15,33)10-8-19(27)18-12-20-23(30)26(2,25(32)35-20)21(18)22(27)24(31)29-11-9-16-4-6-17(34-3)7-5-16/h4-7,12,19-23,30,33H,1,8-11,13-14H2,2-3H3,(H,29,31)/t19-,20+,21?,22+,23-,26-,27-,28-/m0/s1. The first-order chi connectivity index (χ1) is 16.6. The van der Waals surface area contributed by atoms with Crippen LogP contribution in [0.3, 0.4) is 0 Å². The van der Waals surface area contributed by atoms with E-state index in [1.165, 1.54) is 0 Å². The van der Waals surface area contributed by atoms with Crippen LogP contribution in [0, 0.1) is 28.6 Å². The number of benzene rings is 1. The van der Waals surface area contributed by atoms with Gasteiger partial charge >= 0.3 is 5.97 Å². The second-order valence-electron chi connectivity index (χ2n) is 11.4. The molecule has 1 amide bonds. The molecule has 35 heavy (non-hydrogen) atoms. The molecule has 3 saturated carbocycles. The predicted octanol–water partition coefficient (Wildman–Crippen LogP) is 2.31. The Kier molecular flexibility index (Phi) is 4.84. The summed E-state index contributed by atoms with van der Waals surface area (Å²) in [6, 6.07) is 7.75. The molecule has 1 heterocycles. The van der Waals surface area contributed by atoms with E-state index in [0.717, 1.165) is 28.9 Å². The number of aliphatic hydroxyl groups excluding tert-OH is 1. The Morgan fingerprint density at radius 2 is 2.06 bits per heavy atom. The van der Waals surface area contributed by atoms with Crippen LogP contribution in [-0.4, -0.2) is 53.6 Å². The molecule has 4 aliphatic carbocycles. The molecular formula is C28H33NO6. The van der Waals surface area contributed by atoms with Crippen LogP contribution in [0.25, 0.3) is 0 Å². The highest BCUT2D eigenvalue weighted by atomic mass is 16.6. The number of allylic oxidation sites excluding steroid dienone is 1. The predicted molar refractivity (Wildman–Crippen MR) is 127 cm³/mol. The van der Waals surface area contributed by atoms with E-state index in [9.17, 15) is 19.8 Å². The third kappa shape index (κ3) is 2.91.